The number of methoxy groups -OCH3 is 1. The Hall–Kier alpha value is -2.90. The second kappa shape index (κ2) is 9.93. The second-order valence-corrected chi connectivity index (χ2v) is 8.85. The molecule has 2 aromatic carbocycles. The molecule has 0 aliphatic carbocycles. The van der Waals surface area contributed by atoms with Gasteiger partial charge in [0.25, 0.3) is 0 Å². The zero-order valence-corrected chi connectivity index (χ0v) is 19.3. The van der Waals surface area contributed by atoms with Crippen LogP contribution in [0.25, 0.3) is 0 Å². The van der Waals surface area contributed by atoms with Crippen molar-refractivity contribution in [3.05, 3.63) is 64.7 Å². The van der Waals surface area contributed by atoms with Crippen LogP contribution in [-0.4, -0.2) is 60.9 Å². The molecule has 8 heteroatoms. The number of hydrogen-bond donors (Lipinski definition) is 0. The van der Waals surface area contributed by atoms with Gasteiger partial charge in [-0.15, -0.1) is 0 Å². The number of ether oxygens (including phenoxy) is 2. The summed E-state index contributed by atoms with van der Waals surface area (Å²) in [5.74, 6) is -0.0826. The van der Waals surface area contributed by atoms with Crippen molar-refractivity contribution in [1.82, 2.24) is 9.80 Å². The van der Waals surface area contributed by atoms with E-state index < -0.39 is 5.41 Å². The summed E-state index contributed by atoms with van der Waals surface area (Å²) in [5, 5.41) is 0.565. The van der Waals surface area contributed by atoms with Crippen molar-refractivity contribution in [3.63, 3.8) is 0 Å². The number of likely N-dealkylation sites (tertiary alicyclic amines) is 1. The minimum Gasteiger partial charge on any atom is -0.491 e. The summed E-state index contributed by atoms with van der Waals surface area (Å²) in [7, 11) is 1.58. The predicted octanol–water partition coefficient (Wildman–Crippen LogP) is 3.18. The number of benzene rings is 2. The van der Waals surface area contributed by atoms with Crippen molar-refractivity contribution in [3.8, 4) is 5.75 Å². The molecule has 0 radical (unpaired) electrons. The summed E-state index contributed by atoms with van der Waals surface area (Å²) in [6.07, 6.45) is 0.438. The summed E-state index contributed by atoms with van der Waals surface area (Å²) in [4.78, 5) is 43.0. The Kier molecular flexibility index (Phi) is 7.00. The maximum atomic E-state index is 13.6. The molecule has 1 saturated heterocycles. The second-order valence-electron chi connectivity index (χ2n) is 8.41. The van der Waals surface area contributed by atoms with Crippen molar-refractivity contribution < 1.29 is 23.9 Å². The molecular weight excluding hydrogens is 444 g/mol. The third kappa shape index (κ3) is 4.75. The molecule has 1 atom stereocenters. The van der Waals surface area contributed by atoms with Gasteiger partial charge in [-0.1, -0.05) is 41.9 Å². The number of rotatable bonds is 7. The van der Waals surface area contributed by atoms with Gasteiger partial charge in [-0.3, -0.25) is 19.3 Å². The van der Waals surface area contributed by atoms with E-state index in [4.69, 9.17) is 21.1 Å². The molecule has 2 aromatic rings. The van der Waals surface area contributed by atoms with E-state index in [9.17, 15) is 14.4 Å². The molecule has 2 aliphatic rings. The van der Waals surface area contributed by atoms with E-state index >= 15 is 0 Å². The van der Waals surface area contributed by atoms with Gasteiger partial charge in [0.05, 0.1) is 12.0 Å². The SMILES string of the molecule is COCCCN1C(=O)CC(CC(=O)N2CCOc3ccc(Cl)cc3C2)(c2ccccc2)C1=O. The van der Waals surface area contributed by atoms with Crippen molar-refractivity contribution in [2.75, 3.05) is 33.4 Å². The predicted molar refractivity (Wildman–Crippen MR) is 123 cm³/mol. The number of imide groups is 1. The first-order chi connectivity index (χ1) is 15.9. The molecule has 33 heavy (non-hydrogen) atoms. The Morgan fingerprint density at radius 3 is 2.73 bits per heavy atom. The van der Waals surface area contributed by atoms with E-state index in [1.54, 1.807) is 30.2 Å². The molecule has 174 valence electrons. The number of carbonyl (C=O) groups is 3. The smallest absolute Gasteiger partial charge is 0.240 e. The number of hydrogen-bond acceptors (Lipinski definition) is 5. The fraction of sp³-hybridized carbons (Fsp3) is 0.400. The van der Waals surface area contributed by atoms with E-state index in [0.717, 1.165) is 5.56 Å². The van der Waals surface area contributed by atoms with Gasteiger partial charge >= 0.3 is 0 Å². The van der Waals surface area contributed by atoms with Crippen LogP contribution < -0.4 is 4.74 Å². The maximum Gasteiger partial charge on any atom is 0.240 e. The van der Waals surface area contributed by atoms with E-state index in [1.165, 1.54) is 4.90 Å². The van der Waals surface area contributed by atoms with E-state index in [1.807, 2.05) is 30.3 Å². The molecule has 1 fully saturated rings. The first-order valence-corrected chi connectivity index (χ1v) is 11.4. The first-order valence-electron chi connectivity index (χ1n) is 11.0. The molecule has 7 nitrogen and oxygen atoms in total. The van der Waals surface area contributed by atoms with Crippen LogP contribution in [0.5, 0.6) is 5.75 Å². The summed E-state index contributed by atoms with van der Waals surface area (Å²) in [6, 6.07) is 14.5. The van der Waals surface area contributed by atoms with Crippen molar-refractivity contribution >= 4 is 29.3 Å². The van der Waals surface area contributed by atoms with Gasteiger partial charge in [0, 0.05) is 50.2 Å². The number of nitrogens with zero attached hydrogens (tertiary/aromatic N) is 2. The van der Waals surface area contributed by atoms with Gasteiger partial charge in [0.1, 0.15) is 12.4 Å². The highest BCUT2D eigenvalue weighted by atomic mass is 35.5. The Bertz CT molecular complexity index is 1040. The van der Waals surface area contributed by atoms with Crippen LogP contribution >= 0.6 is 11.6 Å². The number of carbonyl (C=O) groups excluding carboxylic acids is 3. The number of halogens is 1. The molecule has 0 aromatic heterocycles. The molecule has 4 rings (SSSR count). The van der Waals surface area contributed by atoms with E-state index in [0.29, 0.717) is 49.1 Å². The van der Waals surface area contributed by atoms with Crippen LogP contribution in [0.15, 0.2) is 48.5 Å². The van der Waals surface area contributed by atoms with Gasteiger partial charge in [0.15, 0.2) is 0 Å². The Labute approximate surface area is 198 Å². The summed E-state index contributed by atoms with van der Waals surface area (Å²) < 4.78 is 10.9. The lowest BCUT2D eigenvalue weighted by atomic mass is 9.75. The van der Waals surface area contributed by atoms with Crippen molar-refractivity contribution in [2.24, 2.45) is 0 Å². The lowest BCUT2D eigenvalue weighted by Crippen LogP contribution is -2.44. The third-order valence-electron chi connectivity index (χ3n) is 6.27. The van der Waals surface area contributed by atoms with Crippen LogP contribution in [0.4, 0.5) is 0 Å². The zero-order valence-electron chi connectivity index (χ0n) is 18.6. The third-order valence-corrected chi connectivity index (χ3v) is 6.51. The lowest BCUT2D eigenvalue weighted by molar-refractivity contribution is -0.143. The summed E-state index contributed by atoms with van der Waals surface area (Å²) in [6.45, 7) is 1.78. The Balaban J connectivity index is 1.61. The topological polar surface area (TPSA) is 76.2 Å². The Morgan fingerprint density at radius 2 is 1.97 bits per heavy atom. The molecule has 0 saturated carbocycles. The average Bonchev–Trinajstić information content (AvgIpc) is 2.95. The fourth-order valence-corrected chi connectivity index (χ4v) is 4.76. The fourth-order valence-electron chi connectivity index (χ4n) is 4.56. The number of fused-ring (bicyclic) bond motifs is 1. The quantitative estimate of drug-likeness (QED) is 0.459. The monoisotopic (exact) mass is 470 g/mol. The highest BCUT2D eigenvalue weighted by Crippen LogP contribution is 2.40. The van der Waals surface area contributed by atoms with Crippen molar-refractivity contribution in [2.45, 2.75) is 31.2 Å². The van der Waals surface area contributed by atoms with Crippen LogP contribution in [0.1, 0.15) is 30.4 Å². The average molecular weight is 471 g/mol. The minimum absolute atomic E-state index is 0.0265. The lowest BCUT2D eigenvalue weighted by Gasteiger charge is -2.30. The summed E-state index contributed by atoms with van der Waals surface area (Å²) >= 11 is 6.14. The molecule has 2 heterocycles. The Morgan fingerprint density at radius 1 is 1.18 bits per heavy atom. The van der Waals surface area contributed by atoms with Gasteiger partial charge < -0.3 is 14.4 Å². The standard InChI is InChI=1S/C25H27ClN2O5/c1-32-12-5-10-28-23(30)16-25(24(28)31,19-6-3-2-4-7-19)15-22(29)27-11-13-33-21-9-8-20(26)14-18(21)17-27/h2-4,6-9,14H,5,10-13,15-17H2,1H3. The minimum atomic E-state index is -1.22. The van der Waals surface area contributed by atoms with Gasteiger partial charge in [-0.25, -0.2) is 0 Å². The summed E-state index contributed by atoms with van der Waals surface area (Å²) in [5.41, 5.74) is 0.282. The molecule has 1 unspecified atom stereocenters. The highest BCUT2D eigenvalue weighted by Gasteiger charge is 2.53. The number of amides is 3. The molecule has 0 N–H and O–H groups in total. The molecular formula is C25H27ClN2O5. The van der Waals surface area contributed by atoms with Gasteiger partial charge in [0.2, 0.25) is 17.7 Å². The maximum absolute atomic E-state index is 13.6. The normalized spacial score (nSPS) is 20.4. The van der Waals surface area contributed by atoms with Crippen LogP contribution in [0.3, 0.4) is 0 Å². The van der Waals surface area contributed by atoms with E-state index in [2.05, 4.69) is 0 Å². The highest BCUT2D eigenvalue weighted by molar-refractivity contribution is 6.30. The molecule has 0 spiro atoms. The van der Waals surface area contributed by atoms with Crippen molar-refractivity contribution in [1.29, 1.82) is 0 Å². The van der Waals surface area contributed by atoms with Gasteiger partial charge in [-0.05, 0) is 30.2 Å². The molecule has 3 amide bonds. The van der Waals surface area contributed by atoms with Gasteiger partial charge in [-0.2, -0.15) is 0 Å². The first kappa shape index (κ1) is 23.3. The molecule has 0 bridgehead atoms. The van der Waals surface area contributed by atoms with E-state index in [-0.39, 0.29) is 37.1 Å². The van der Waals surface area contributed by atoms with Crippen LogP contribution in [-0.2, 0) is 31.1 Å². The van der Waals surface area contributed by atoms with Crippen LogP contribution in [0.2, 0.25) is 5.02 Å². The molecule has 2 aliphatic heterocycles. The van der Waals surface area contributed by atoms with Crippen LogP contribution in [0, 0.1) is 0 Å². The zero-order chi connectivity index (χ0) is 23.4. The largest absolute Gasteiger partial charge is 0.491 e.